The number of alkyl carbamates (subject to hydrolysis) is 1. The van der Waals surface area contributed by atoms with Crippen molar-refractivity contribution < 1.29 is 9.53 Å². The van der Waals surface area contributed by atoms with Crippen LogP contribution in [0.2, 0.25) is 0 Å². The van der Waals surface area contributed by atoms with Gasteiger partial charge in [0.25, 0.3) is 0 Å². The van der Waals surface area contributed by atoms with Crippen LogP contribution in [0.3, 0.4) is 0 Å². The molecule has 1 unspecified atom stereocenters. The van der Waals surface area contributed by atoms with Gasteiger partial charge in [-0.05, 0) is 41.0 Å². The minimum absolute atomic E-state index is 0.350. The standard InChI is InChI=1S/C14H29N3O2/c1-11(17-8-9-17)6-7-16-12(18)19-14(4,5)10-13(2,3)15/h11H,6-10,15H2,1-5H3,(H,16,18). The minimum Gasteiger partial charge on any atom is -0.443 e. The second-order valence-electron chi connectivity index (χ2n) is 6.92. The van der Waals surface area contributed by atoms with E-state index < -0.39 is 5.60 Å². The summed E-state index contributed by atoms with van der Waals surface area (Å²) in [6.45, 7) is 12.8. The van der Waals surface area contributed by atoms with E-state index >= 15 is 0 Å². The first-order valence-electron chi connectivity index (χ1n) is 7.09. The van der Waals surface area contributed by atoms with Crippen LogP contribution >= 0.6 is 0 Å². The Morgan fingerprint density at radius 1 is 1.37 bits per heavy atom. The quantitative estimate of drug-likeness (QED) is 0.692. The number of ether oxygens (including phenoxy) is 1. The number of hydrogen-bond acceptors (Lipinski definition) is 4. The molecule has 3 N–H and O–H groups in total. The van der Waals surface area contributed by atoms with Crippen molar-refractivity contribution >= 4 is 6.09 Å². The van der Waals surface area contributed by atoms with Crippen molar-refractivity contribution in [3.05, 3.63) is 0 Å². The third-order valence-corrected chi connectivity index (χ3v) is 3.19. The number of carbonyl (C=O) groups excluding carboxylic acids is 1. The van der Waals surface area contributed by atoms with Crippen LogP contribution in [0.4, 0.5) is 4.79 Å². The first-order valence-corrected chi connectivity index (χ1v) is 7.09. The molecule has 0 saturated carbocycles. The fourth-order valence-electron chi connectivity index (χ4n) is 2.48. The third kappa shape index (κ3) is 7.38. The lowest BCUT2D eigenvalue weighted by Crippen LogP contribution is -2.44. The lowest BCUT2D eigenvalue weighted by atomic mass is 9.90. The van der Waals surface area contributed by atoms with Crippen LogP contribution in [0.1, 0.15) is 47.5 Å². The summed E-state index contributed by atoms with van der Waals surface area (Å²) in [6.07, 6.45) is 1.22. The van der Waals surface area contributed by atoms with Gasteiger partial charge in [-0.3, -0.25) is 4.90 Å². The Morgan fingerprint density at radius 2 is 1.95 bits per heavy atom. The largest absolute Gasteiger partial charge is 0.443 e. The lowest BCUT2D eigenvalue weighted by Gasteiger charge is -2.32. The Bertz CT molecular complexity index is 306. The second-order valence-corrected chi connectivity index (χ2v) is 6.92. The summed E-state index contributed by atoms with van der Waals surface area (Å²) in [6, 6.07) is 0.538. The summed E-state index contributed by atoms with van der Waals surface area (Å²) >= 11 is 0. The summed E-state index contributed by atoms with van der Waals surface area (Å²) in [4.78, 5) is 14.1. The van der Waals surface area contributed by atoms with Gasteiger partial charge in [0.2, 0.25) is 0 Å². The molecule has 5 heteroatoms. The lowest BCUT2D eigenvalue weighted by molar-refractivity contribution is 0.0202. The fraction of sp³-hybridized carbons (Fsp3) is 0.929. The molecule has 1 aliphatic heterocycles. The monoisotopic (exact) mass is 271 g/mol. The molecule has 0 spiro atoms. The van der Waals surface area contributed by atoms with Crippen LogP contribution in [-0.2, 0) is 4.74 Å². The molecule has 1 fully saturated rings. The highest BCUT2D eigenvalue weighted by atomic mass is 16.6. The molecule has 0 aromatic carbocycles. The molecule has 1 saturated heterocycles. The summed E-state index contributed by atoms with van der Waals surface area (Å²) in [5, 5.41) is 2.81. The van der Waals surface area contributed by atoms with Gasteiger partial charge >= 0.3 is 6.09 Å². The Morgan fingerprint density at radius 3 is 2.42 bits per heavy atom. The van der Waals surface area contributed by atoms with Crippen LogP contribution < -0.4 is 11.1 Å². The molecular weight excluding hydrogens is 242 g/mol. The zero-order chi connectivity index (χ0) is 14.7. The van der Waals surface area contributed by atoms with E-state index in [4.69, 9.17) is 10.5 Å². The normalized spacial score (nSPS) is 18.0. The van der Waals surface area contributed by atoms with Crippen molar-refractivity contribution in [2.45, 2.75) is 64.6 Å². The molecular formula is C14H29N3O2. The number of nitrogens with zero attached hydrogens (tertiary/aromatic N) is 1. The highest BCUT2D eigenvalue weighted by Gasteiger charge is 2.29. The van der Waals surface area contributed by atoms with Crippen molar-refractivity contribution in [2.75, 3.05) is 19.6 Å². The maximum atomic E-state index is 11.7. The molecule has 0 aromatic heterocycles. The molecule has 1 amide bonds. The van der Waals surface area contributed by atoms with Gasteiger partial charge in [0.15, 0.2) is 0 Å². The molecule has 19 heavy (non-hydrogen) atoms. The van der Waals surface area contributed by atoms with Gasteiger partial charge in [-0.25, -0.2) is 4.79 Å². The van der Waals surface area contributed by atoms with Crippen LogP contribution in [0.5, 0.6) is 0 Å². The van der Waals surface area contributed by atoms with Crippen LogP contribution in [0.25, 0.3) is 0 Å². The highest BCUT2D eigenvalue weighted by Crippen LogP contribution is 2.21. The number of amides is 1. The van der Waals surface area contributed by atoms with E-state index in [1.165, 1.54) is 13.1 Å². The average molecular weight is 271 g/mol. The molecule has 1 aliphatic rings. The van der Waals surface area contributed by atoms with Crippen molar-refractivity contribution in [3.63, 3.8) is 0 Å². The van der Waals surface area contributed by atoms with Gasteiger partial charge in [0.1, 0.15) is 5.60 Å². The Kier molecular flexibility index (Phi) is 5.21. The van der Waals surface area contributed by atoms with E-state index in [1.807, 2.05) is 27.7 Å². The number of hydrogen-bond donors (Lipinski definition) is 2. The Balaban J connectivity index is 2.21. The van der Waals surface area contributed by atoms with Gasteiger partial charge in [0.05, 0.1) is 0 Å². The van der Waals surface area contributed by atoms with Gasteiger partial charge in [-0.2, -0.15) is 0 Å². The molecule has 0 bridgehead atoms. The number of nitrogens with two attached hydrogens (primary N) is 1. The van der Waals surface area contributed by atoms with E-state index in [2.05, 4.69) is 17.1 Å². The van der Waals surface area contributed by atoms with Crippen molar-refractivity contribution in [1.82, 2.24) is 10.2 Å². The molecule has 1 atom stereocenters. The molecule has 0 aromatic rings. The zero-order valence-electron chi connectivity index (χ0n) is 13.0. The topological polar surface area (TPSA) is 67.4 Å². The van der Waals surface area contributed by atoms with E-state index in [1.54, 1.807) is 0 Å². The molecule has 1 heterocycles. The third-order valence-electron chi connectivity index (χ3n) is 3.19. The maximum absolute atomic E-state index is 11.7. The van der Waals surface area contributed by atoms with Gasteiger partial charge in [-0.1, -0.05) is 0 Å². The van der Waals surface area contributed by atoms with Crippen LogP contribution in [-0.4, -0.2) is 47.8 Å². The van der Waals surface area contributed by atoms with E-state index in [0.29, 0.717) is 19.0 Å². The summed E-state index contributed by atoms with van der Waals surface area (Å²) in [7, 11) is 0. The van der Waals surface area contributed by atoms with E-state index in [0.717, 1.165) is 6.42 Å². The number of nitrogens with one attached hydrogen (secondary N) is 1. The number of rotatable bonds is 7. The van der Waals surface area contributed by atoms with E-state index in [-0.39, 0.29) is 11.6 Å². The van der Waals surface area contributed by atoms with Gasteiger partial charge in [0, 0.05) is 37.6 Å². The van der Waals surface area contributed by atoms with Crippen LogP contribution in [0.15, 0.2) is 0 Å². The predicted molar refractivity (Wildman–Crippen MR) is 77.1 cm³/mol. The first-order chi connectivity index (χ1) is 8.59. The summed E-state index contributed by atoms with van der Waals surface area (Å²) in [5.41, 5.74) is 5.06. The molecule has 0 aliphatic carbocycles. The van der Waals surface area contributed by atoms with Crippen molar-refractivity contribution in [1.29, 1.82) is 0 Å². The van der Waals surface area contributed by atoms with Crippen LogP contribution in [0, 0.1) is 0 Å². The first kappa shape index (κ1) is 16.2. The van der Waals surface area contributed by atoms with Gasteiger partial charge < -0.3 is 15.8 Å². The SMILES string of the molecule is CC(CCNC(=O)OC(C)(C)CC(C)(C)N)N1CC1. The van der Waals surface area contributed by atoms with E-state index in [9.17, 15) is 4.79 Å². The fourth-order valence-corrected chi connectivity index (χ4v) is 2.48. The Hall–Kier alpha value is -0.810. The second kappa shape index (κ2) is 6.09. The van der Waals surface area contributed by atoms with Gasteiger partial charge in [-0.15, -0.1) is 0 Å². The van der Waals surface area contributed by atoms with Crippen molar-refractivity contribution in [3.8, 4) is 0 Å². The highest BCUT2D eigenvalue weighted by molar-refractivity contribution is 5.67. The zero-order valence-corrected chi connectivity index (χ0v) is 13.0. The van der Waals surface area contributed by atoms with Crippen molar-refractivity contribution in [2.24, 2.45) is 5.73 Å². The molecule has 5 nitrogen and oxygen atoms in total. The minimum atomic E-state index is -0.548. The number of carbonyl (C=O) groups is 1. The summed E-state index contributed by atoms with van der Waals surface area (Å²) < 4.78 is 5.43. The predicted octanol–water partition coefficient (Wildman–Crippen LogP) is 1.71. The Labute approximate surface area is 116 Å². The molecule has 1 rings (SSSR count). The molecule has 112 valence electrons. The molecule has 0 radical (unpaired) electrons. The maximum Gasteiger partial charge on any atom is 0.407 e. The smallest absolute Gasteiger partial charge is 0.407 e. The summed E-state index contributed by atoms with van der Waals surface area (Å²) in [5.74, 6) is 0. The average Bonchev–Trinajstić information content (AvgIpc) is 2.94.